The van der Waals surface area contributed by atoms with Crippen LogP contribution in [0.5, 0.6) is 0 Å². The minimum atomic E-state index is -0.357. The van der Waals surface area contributed by atoms with E-state index in [4.69, 9.17) is 16.0 Å². The normalized spacial score (nSPS) is 10.3. The zero-order valence-electron chi connectivity index (χ0n) is 14.0. The van der Waals surface area contributed by atoms with Gasteiger partial charge in [0.05, 0.1) is 23.4 Å². The number of carbonyl (C=O) groups is 2. The Morgan fingerprint density at radius 2 is 1.70 bits per heavy atom. The second-order valence-electron chi connectivity index (χ2n) is 5.54. The van der Waals surface area contributed by atoms with E-state index in [1.54, 1.807) is 60.9 Å². The van der Waals surface area contributed by atoms with Crippen molar-refractivity contribution in [1.82, 2.24) is 5.32 Å². The summed E-state index contributed by atoms with van der Waals surface area (Å²) in [4.78, 5) is 24.2. The van der Waals surface area contributed by atoms with Crippen LogP contribution in [-0.4, -0.2) is 11.9 Å². The Morgan fingerprint density at radius 3 is 2.37 bits per heavy atom. The monoisotopic (exact) mass is 447 g/mol. The van der Waals surface area contributed by atoms with Crippen LogP contribution in [-0.2, 0) is 6.54 Å². The molecule has 0 radical (unpaired) electrons. The first-order valence-corrected chi connectivity index (χ1v) is 9.12. The number of hydrogen-bond donors (Lipinski definition) is 3. The molecule has 0 fully saturated rings. The summed E-state index contributed by atoms with van der Waals surface area (Å²) >= 11 is 9.38. The molecule has 1 heterocycles. The lowest BCUT2D eigenvalue weighted by atomic mass is 10.2. The summed E-state index contributed by atoms with van der Waals surface area (Å²) in [5, 5.41) is 8.51. The maximum atomic E-state index is 12.3. The van der Waals surface area contributed by atoms with Crippen LogP contribution in [0.1, 0.15) is 16.1 Å². The van der Waals surface area contributed by atoms with Gasteiger partial charge in [0.25, 0.3) is 5.91 Å². The number of nitrogens with one attached hydrogen (secondary N) is 3. The molecule has 0 bridgehead atoms. The molecule has 0 spiro atoms. The van der Waals surface area contributed by atoms with Crippen molar-refractivity contribution < 1.29 is 14.0 Å². The Kier molecular flexibility index (Phi) is 6.16. The minimum Gasteiger partial charge on any atom is -0.467 e. The topological polar surface area (TPSA) is 83.4 Å². The van der Waals surface area contributed by atoms with Gasteiger partial charge < -0.3 is 20.4 Å². The number of benzene rings is 2. The van der Waals surface area contributed by atoms with Crippen molar-refractivity contribution in [3.05, 3.63) is 81.7 Å². The van der Waals surface area contributed by atoms with Gasteiger partial charge in [0.2, 0.25) is 0 Å². The number of urea groups is 1. The molecule has 0 aliphatic carbocycles. The van der Waals surface area contributed by atoms with Crippen molar-refractivity contribution in [2.24, 2.45) is 0 Å². The molecule has 8 heteroatoms. The fourth-order valence-electron chi connectivity index (χ4n) is 2.26. The number of furan rings is 1. The molecular weight excluding hydrogens is 434 g/mol. The summed E-state index contributed by atoms with van der Waals surface area (Å²) in [5.74, 6) is 0.340. The highest BCUT2D eigenvalue weighted by Gasteiger charge is 2.11. The zero-order chi connectivity index (χ0) is 19.2. The van der Waals surface area contributed by atoms with E-state index >= 15 is 0 Å². The van der Waals surface area contributed by atoms with Gasteiger partial charge in [-0.05, 0) is 54.6 Å². The fraction of sp³-hybridized carbons (Fsp3) is 0.0526. The maximum absolute atomic E-state index is 12.3. The van der Waals surface area contributed by atoms with Gasteiger partial charge in [-0.15, -0.1) is 0 Å². The Labute approximate surface area is 169 Å². The second-order valence-corrected chi connectivity index (χ2v) is 6.87. The molecule has 0 unspecified atom stereocenters. The van der Waals surface area contributed by atoms with E-state index in [9.17, 15) is 9.59 Å². The fourth-order valence-corrected chi connectivity index (χ4v) is 2.83. The summed E-state index contributed by atoms with van der Waals surface area (Å²) < 4.78 is 5.91. The standard InChI is InChI=1S/C19H15BrClN3O3/c20-12-3-8-17(21)16(10-12)18(25)23-13-4-6-14(7-5-13)24-19(26)22-11-15-2-1-9-27-15/h1-10H,11H2,(H,23,25)(H2,22,24,26). The Balaban J connectivity index is 1.56. The van der Waals surface area contributed by atoms with Crippen LogP contribution in [0.2, 0.25) is 5.02 Å². The van der Waals surface area contributed by atoms with Crippen LogP contribution in [0.15, 0.2) is 69.8 Å². The smallest absolute Gasteiger partial charge is 0.319 e. The highest BCUT2D eigenvalue weighted by Crippen LogP contribution is 2.22. The Morgan fingerprint density at radius 1 is 1.00 bits per heavy atom. The number of amides is 3. The van der Waals surface area contributed by atoms with E-state index in [-0.39, 0.29) is 11.9 Å². The molecule has 27 heavy (non-hydrogen) atoms. The van der Waals surface area contributed by atoms with Gasteiger partial charge in [-0.1, -0.05) is 27.5 Å². The van der Waals surface area contributed by atoms with Gasteiger partial charge in [0.1, 0.15) is 5.76 Å². The van der Waals surface area contributed by atoms with Gasteiger partial charge >= 0.3 is 6.03 Å². The van der Waals surface area contributed by atoms with E-state index in [1.165, 1.54) is 0 Å². The Hall–Kier alpha value is -2.77. The number of halogens is 2. The van der Waals surface area contributed by atoms with Gasteiger partial charge in [-0.25, -0.2) is 4.79 Å². The molecule has 3 N–H and O–H groups in total. The zero-order valence-corrected chi connectivity index (χ0v) is 16.3. The quantitative estimate of drug-likeness (QED) is 0.497. The van der Waals surface area contributed by atoms with Crippen LogP contribution >= 0.6 is 27.5 Å². The highest BCUT2D eigenvalue weighted by molar-refractivity contribution is 9.10. The molecule has 6 nitrogen and oxygen atoms in total. The lowest BCUT2D eigenvalue weighted by molar-refractivity contribution is 0.102. The van der Waals surface area contributed by atoms with Crippen molar-refractivity contribution in [2.75, 3.05) is 10.6 Å². The van der Waals surface area contributed by atoms with Gasteiger partial charge in [0, 0.05) is 15.8 Å². The highest BCUT2D eigenvalue weighted by atomic mass is 79.9. The molecular formula is C19H15BrClN3O3. The third kappa shape index (κ3) is 5.35. The lowest BCUT2D eigenvalue weighted by Crippen LogP contribution is -2.27. The average molecular weight is 449 g/mol. The first-order valence-electron chi connectivity index (χ1n) is 7.95. The van der Waals surface area contributed by atoms with Crippen LogP contribution in [0.25, 0.3) is 0 Å². The van der Waals surface area contributed by atoms with Crippen molar-refractivity contribution in [3.8, 4) is 0 Å². The number of anilines is 2. The molecule has 0 saturated heterocycles. The maximum Gasteiger partial charge on any atom is 0.319 e. The van der Waals surface area contributed by atoms with Crippen molar-refractivity contribution in [2.45, 2.75) is 6.54 Å². The van der Waals surface area contributed by atoms with Crippen LogP contribution in [0, 0.1) is 0 Å². The number of hydrogen-bond acceptors (Lipinski definition) is 3. The van der Waals surface area contributed by atoms with Crippen LogP contribution < -0.4 is 16.0 Å². The molecule has 138 valence electrons. The first-order chi connectivity index (χ1) is 13.0. The molecule has 0 aliphatic heterocycles. The predicted molar refractivity (Wildman–Crippen MR) is 108 cm³/mol. The molecule has 3 aromatic rings. The molecule has 0 aliphatic rings. The van der Waals surface area contributed by atoms with E-state index in [2.05, 4.69) is 31.9 Å². The minimum absolute atomic E-state index is 0.292. The number of rotatable bonds is 5. The van der Waals surface area contributed by atoms with Gasteiger partial charge in [0.15, 0.2) is 0 Å². The van der Waals surface area contributed by atoms with Crippen LogP contribution in [0.4, 0.5) is 16.2 Å². The van der Waals surface area contributed by atoms with Crippen molar-refractivity contribution in [3.63, 3.8) is 0 Å². The summed E-state index contributed by atoms with van der Waals surface area (Å²) in [6.07, 6.45) is 1.54. The molecule has 1 aromatic heterocycles. The summed E-state index contributed by atoms with van der Waals surface area (Å²) in [7, 11) is 0. The second kappa shape index (κ2) is 8.75. The summed E-state index contributed by atoms with van der Waals surface area (Å²) in [6.45, 7) is 0.292. The Bertz CT molecular complexity index is 943. The van der Waals surface area contributed by atoms with E-state index in [1.807, 2.05) is 0 Å². The van der Waals surface area contributed by atoms with E-state index in [0.29, 0.717) is 34.3 Å². The lowest BCUT2D eigenvalue weighted by Gasteiger charge is -2.09. The molecule has 0 saturated carbocycles. The SMILES string of the molecule is O=C(NCc1ccco1)Nc1ccc(NC(=O)c2cc(Br)ccc2Cl)cc1. The molecule has 3 amide bonds. The number of carbonyl (C=O) groups excluding carboxylic acids is 2. The van der Waals surface area contributed by atoms with Gasteiger partial charge in [-0.2, -0.15) is 0 Å². The third-order valence-electron chi connectivity index (χ3n) is 3.58. The van der Waals surface area contributed by atoms with Crippen molar-refractivity contribution >= 4 is 50.8 Å². The largest absolute Gasteiger partial charge is 0.467 e. The summed E-state index contributed by atoms with van der Waals surface area (Å²) in [5.41, 5.74) is 1.54. The molecule has 2 aromatic carbocycles. The van der Waals surface area contributed by atoms with E-state index < -0.39 is 0 Å². The van der Waals surface area contributed by atoms with Gasteiger partial charge in [-0.3, -0.25) is 4.79 Å². The third-order valence-corrected chi connectivity index (χ3v) is 4.40. The first kappa shape index (κ1) is 19.0. The summed E-state index contributed by atoms with van der Waals surface area (Å²) in [6, 6.07) is 15.0. The van der Waals surface area contributed by atoms with E-state index in [0.717, 1.165) is 4.47 Å². The molecule has 3 rings (SSSR count). The predicted octanol–water partition coefficient (Wildman–Crippen LogP) is 5.27. The van der Waals surface area contributed by atoms with Crippen LogP contribution in [0.3, 0.4) is 0 Å². The average Bonchev–Trinajstić information content (AvgIpc) is 3.17. The molecule has 0 atom stereocenters. The van der Waals surface area contributed by atoms with Crippen molar-refractivity contribution in [1.29, 1.82) is 0 Å².